The maximum absolute atomic E-state index is 6.07. The molecule has 3 nitrogen and oxygen atoms in total. The Balaban J connectivity index is 2.68. The van der Waals surface area contributed by atoms with E-state index >= 15 is 0 Å². The van der Waals surface area contributed by atoms with Crippen molar-refractivity contribution in [1.82, 2.24) is 5.32 Å². The van der Waals surface area contributed by atoms with E-state index in [9.17, 15) is 0 Å². The Bertz CT molecular complexity index is 341. The first-order valence-electron chi connectivity index (χ1n) is 6.62. The monoisotopic (exact) mass is 251 g/mol. The zero-order valence-electron chi connectivity index (χ0n) is 11.9. The van der Waals surface area contributed by atoms with Crippen molar-refractivity contribution in [2.24, 2.45) is 0 Å². The minimum atomic E-state index is 0.0756. The third-order valence-electron chi connectivity index (χ3n) is 2.88. The van der Waals surface area contributed by atoms with Crippen molar-refractivity contribution in [3.63, 3.8) is 0 Å². The lowest BCUT2D eigenvalue weighted by Gasteiger charge is -2.24. The summed E-state index contributed by atoms with van der Waals surface area (Å²) in [5.41, 5.74) is 2.51. The summed E-state index contributed by atoms with van der Waals surface area (Å²) in [7, 11) is 1.95. The van der Waals surface area contributed by atoms with E-state index < -0.39 is 0 Å². The molecule has 0 radical (unpaired) electrons. The predicted octanol–water partition coefficient (Wildman–Crippen LogP) is 2.70. The van der Waals surface area contributed by atoms with Crippen molar-refractivity contribution >= 4 is 0 Å². The van der Waals surface area contributed by atoms with Crippen LogP contribution in [0.15, 0.2) is 24.3 Å². The standard InChI is InChI=1S/C15H25NO2/c1-5-17-11-13(3)18-15(10-16-4)14-9-7-6-8-12(14)2/h6-9,13,15-16H,5,10-11H2,1-4H3. The third kappa shape index (κ3) is 4.77. The maximum Gasteiger partial charge on any atom is 0.0956 e. The highest BCUT2D eigenvalue weighted by atomic mass is 16.5. The molecule has 2 unspecified atom stereocenters. The van der Waals surface area contributed by atoms with Crippen LogP contribution in [0, 0.1) is 6.92 Å². The van der Waals surface area contributed by atoms with Crippen LogP contribution in [0.5, 0.6) is 0 Å². The number of hydrogen-bond donors (Lipinski definition) is 1. The van der Waals surface area contributed by atoms with Crippen LogP contribution in [-0.2, 0) is 9.47 Å². The SMILES string of the molecule is CCOCC(C)OC(CNC)c1ccccc1C. The smallest absolute Gasteiger partial charge is 0.0956 e. The van der Waals surface area contributed by atoms with Crippen molar-refractivity contribution in [2.75, 3.05) is 26.8 Å². The van der Waals surface area contributed by atoms with Gasteiger partial charge in [0.1, 0.15) is 0 Å². The summed E-state index contributed by atoms with van der Waals surface area (Å²) in [6.07, 6.45) is 0.176. The van der Waals surface area contributed by atoms with Crippen LogP contribution in [0.2, 0.25) is 0 Å². The Kier molecular flexibility index (Phi) is 6.94. The zero-order chi connectivity index (χ0) is 13.4. The van der Waals surface area contributed by atoms with Crippen molar-refractivity contribution in [2.45, 2.75) is 33.0 Å². The Hall–Kier alpha value is -0.900. The van der Waals surface area contributed by atoms with E-state index in [0.717, 1.165) is 13.2 Å². The molecule has 2 atom stereocenters. The molecule has 3 heteroatoms. The molecule has 0 saturated heterocycles. The highest BCUT2D eigenvalue weighted by Crippen LogP contribution is 2.22. The van der Waals surface area contributed by atoms with Crippen molar-refractivity contribution in [1.29, 1.82) is 0 Å². The van der Waals surface area contributed by atoms with Gasteiger partial charge >= 0.3 is 0 Å². The zero-order valence-corrected chi connectivity index (χ0v) is 11.9. The molecule has 1 N–H and O–H groups in total. The van der Waals surface area contributed by atoms with Gasteiger partial charge in [-0.1, -0.05) is 24.3 Å². The highest BCUT2D eigenvalue weighted by molar-refractivity contribution is 5.28. The summed E-state index contributed by atoms with van der Waals surface area (Å²) in [6, 6.07) is 8.36. The van der Waals surface area contributed by atoms with E-state index in [1.54, 1.807) is 0 Å². The van der Waals surface area contributed by atoms with Crippen LogP contribution in [0.25, 0.3) is 0 Å². The first-order valence-corrected chi connectivity index (χ1v) is 6.62. The fourth-order valence-electron chi connectivity index (χ4n) is 1.97. The van der Waals surface area contributed by atoms with Crippen LogP contribution in [0.3, 0.4) is 0 Å². The molecule has 0 amide bonds. The Morgan fingerprint density at radius 2 is 2.00 bits per heavy atom. The maximum atomic E-state index is 6.07. The first-order chi connectivity index (χ1) is 8.69. The number of benzene rings is 1. The molecule has 0 fully saturated rings. The van der Waals surface area contributed by atoms with Gasteiger partial charge in [0.15, 0.2) is 0 Å². The van der Waals surface area contributed by atoms with Crippen LogP contribution in [0.4, 0.5) is 0 Å². The molecule has 102 valence electrons. The molecule has 18 heavy (non-hydrogen) atoms. The minimum Gasteiger partial charge on any atom is -0.379 e. The number of ether oxygens (including phenoxy) is 2. The van der Waals surface area contributed by atoms with Gasteiger partial charge in [0.2, 0.25) is 0 Å². The molecular weight excluding hydrogens is 226 g/mol. The van der Waals surface area contributed by atoms with Crippen molar-refractivity contribution in [3.05, 3.63) is 35.4 Å². The van der Waals surface area contributed by atoms with Gasteiger partial charge in [-0.2, -0.15) is 0 Å². The average molecular weight is 251 g/mol. The fourth-order valence-corrected chi connectivity index (χ4v) is 1.97. The van der Waals surface area contributed by atoms with Gasteiger partial charge in [-0.3, -0.25) is 0 Å². The molecule has 0 spiro atoms. The van der Waals surface area contributed by atoms with Crippen LogP contribution in [0.1, 0.15) is 31.1 Å². The van der Waals surface area contributed by atoms with E-state index in [0.29, 0.717) is 6.61 Å². The number of hydrogen-bond acceptors (Lipinski definition) is 3. The Morgan fingerprint density at radius 1 is 1.28 bits per heavy atom. The molecule has 0 saturated carbocycles. The van der Waals surface area contributed by atoms with Crippen LogP contribution < -0.4 is 5.32 Å². The summed E-state index contributed by atoms with van der Waals surface area (Å²) in [4.78, 5) is 0. The second-order valence-corrected chi connectivity index (χ2v) is 4.51. The first kappa shape index (κ1) is 15.2. The van der Waals surface area contributed by atoms with Gasteiger partial charge in [0.05, 0.1) is 18.8 Å². The quantitative estimate of drug-likeness (QED) is 0.770. The van der Waals surface area contributed by atoms with E-state index in [4.69, 9.17) is 9.47 Å². The van der Waals surface area contributed by atoms with Gasteiger partial charge in [0, 0.05) is 13.2 Å². The number of aryl methyl sites for hydroxylation is 1. The summed E-state index contributed by atoms with van der Waals surface area (Å²) >= 11 is 0. The lowest BCUT2D eigenvalue weighted by atomic mass is 10.0. The molecular formula is C15H25NO2. The van der Waals surface area contributed by atoms with E-state index in [-0.39, 0.29) is 12.2 Å². The van der Waals surface area contributed by atoms with Gasteiger partial charge in [-0.25, -0.2) is 0 Å². The molecule has 0 aliphatic rings. The van der Waals surface area contributed by atoms with E-state index in [1.165, 1.54) is 11.1 Å². The van der Waals surface area contributed by atoms with Crippen LogP contribution >= 0.6 is 0 Å². The summed E-state index contributed by atoms with van der Waals surface area (Å²) in [5, 5.41) is 3.19. The summed E-state index contributed by atoms with van der Waals surface area (Å²) < 4.78 is 11.5. The normalized spacial score (nSPS) is 14.4. The number of rotatable bonds is 8. The highest BCUT2D eigenvalue weighted by Gasteiger charge is 2.16. The average Bonchev–Trinajstić information content (AvgIpc) is 2.36. The van der Waals surface area contributed by atoms with E-state index in [1.807, 2.05) is 14.0 Å². The molecule has 0 heterocycles. The van der Waals surface area contributed by atoms with Gasteiger partial charge in [-0.05, 0) is 38.9 Å². The Morgan fingerprint density at radius 3 is 2.61 bits per heavy atom. The van der Waals surface area contributed by atoms with Gasteiger partial charge < -0.3 is 14.8 Å². The van der Waals surface area contributed by atoms with E-state index in [2.05, 4.69) is 43.4 Å². The van der Waals surface area contributed by atoms with Gasteiger partial charge in [0.25, 0.3) is 0 Å². The molecule has 1 rings (SSSR count). The molecule has 0 bridgehead atoms. The number of likely N-dealkylation sites (N-methyl/N-ethyl adjacent to an activating group) is 1. The van der Waals surface area contributed by atoms with Crippen molar-refractivity contribution < 1.29 is 9.47 Å². The topological polar surface area (TPSA) is 30.5 Å². The second-order valence-electron chi connectivity index (χ2n) is 4.51. The third-order valence-corrected chi connectivity index (χ3v) is 2.88. The van der Waals surface area contributed by atoms with Crippen LogP contribution in [-0.4, -0.2) is 32.9 Å². The fraction of sp³-hybridized carbons (Fsp3) is 0.600. The lowest BCUT2D eigenvalue weighted by molar-refractivity contribution is -0.0466. The Labute approximate surface area is 110 Å². The second kappa shape index (κ2) is 8.25. The summed E-state index contributed by atoms with van der Waals surface area (Å²) in [5.74, 6) is 0. The lowest BCUT2D eigenvalue weighted by Crippen LogP contribution is -2.26. The summed E-state index contributed by atoms with van der Waals surface area (Å²) in [6.45, 7) is 8.35. The molecule has 0 aliphatic heterocycles. The predicted molar refractivity (Wildman–Crippen MR) is 74.9 cm³/mol. The molecule has 1 aromatic carbocycles. The molecule has 0 aromatic heterocycles. The largest absolute Gasteiger partial charge is 0.379 e. The number of nitrogens with one attached hydrogen (secondary N) is 1. The molecule has 1 aromatic rings. The minimum absolute atomic E-state index is 0.0756. The van der Waals surface area contributed by atoms with Gasteiger partial charge in [-0.15, -0.1) is 0 Å². The molecule has 0 aliphatic carbocycles. The van der Waals surface area contributed by atoms with Crippen molar-refractivity contribution in [3.8, 4) is 0 Å².